The highest BCUT2D eigenvalue weighted by atomic mass is 79.9. The molecule has 114 valence electrons. The summed E-state index contributed by atoms with van der Waals surface area (Å²) in [7, 11) is 0. The van der Waals surface area contributed by atoms with Gasteiger partial charge < -0.3 is 4.57 Å². The lowest BCUT2D eigenvalue weighted by atomic mass is 10.0. The molecule has 0 aliphatic rings. The number of fused-ring (bicyclic) bond motifs is 1. The third kappa shape index (κ3) is 2.61. The lowest BCUT2D eigenvalue weighted by Crippen LogP contribution is -2.06. The molecule has 2 heterocycles. The van der Waals surface area contributed by atoms with Crippen molar-refractivity contribution in [1.29, 1.82) is 0 Å². The molecule has 3 rings (SSSR count). The largest absolute Gasteiger partial charge is 0.324 e. The van der Waals surface area contributed by atoms with Gasteiger partial charge in [0, 0.05) is 23.2 Å². The SMILES string of the molecule is CC(C)n1c(C(Br)Br)c(-c2ccc(F)cc2)c2cccnc21. The Hall–Kier alpha value is -1.20. The molecule has 0 N–H and O–H groups in total. The molecule has 5 heteroatoms. The fourth-order valence-electron chi connectivity index (χ4n) is 2.81. The first-order valence-corrected chi connectivity index (χ1v) is 8.86. The summed E-state index contributed by atoms with van der Waals surface area (Å²) in [6, 6.07) is 10.9. The molecule has 2 aromatic heterocycles. The number of hydrogen-bond donors (Lipinski definition) is 0. The van der Waals surface area contributed by atoms with Crippen molar-refractivity contribution in [3.63, 3.8) is 0 Å². The average molecular weight is 426 g/mol. The maximum Gasteiger partial charge on any atom is 0.141 e. The fourth-order valence-corrected chi connectivity index (χ4v) is 3.71. The van der Waals surface area contributed by atoms with Gasteiger partial charge in [-0.25, -0.2) is 9.37 Å². The number of rotatable bonds is 3. The van der Waals surface area contributed by atoms with Crippen molar-refractivity contribution in [2.45, 2.75) is 23.6 Å². The van der Waals surface area contributed by atoms with Gasteiger partial charge in [0.25, 0.3) is 0 Å². The van der Waals surface area contributed by atoms with E-state index in [-0.39, 0.29) is 15.6 Å². The number of halogens is 3. The van der Waals surface area contributed by atoms with Crippen LogP contribution in [0.4, 0.5) is 4.39 Å². The van der Waals surface area contributed by atoms with Crippen LogP contribution in [0.2, 0.25) is 0 Å². The second-order valence-electron chi connectivity index (χ2n) is 5.41. The Morgan fingerprint density at radius 2 is 1.77 bits per heavy atom. The van der Waals surface area contributed by atoms with Gasteiger partial charge in [-0.05, 0) is 43.7 Å². The molecule has 0 amide bonds. The molecule has 0 saturated heterocycles. The van der Waals surface area contributed by atoms with E-state index in [2.05, 4.69) is 61.3 Å². The Bertz CT molecular complexity index is 807. The summed E-state index contributed by atoms with van der Waals surface area (Å²) in [5.41, 5.74) is 4.10. The summed E-state index contributed by atoms with van der Waals surface area (Å²) in [6.07, 6.45) is 1.80. The van der Waals surface area contributed by atoms with Gasteiger partial charge in [-0.15, -0.1) is 0 Å². The number of hydrogen-bond acceptors (Lipinski definition) is 1. The summed E-state index contributed by atoms with van der Waals surface area (Å²) in [4.78, 5) is 4.56. The molecular formula is C17H15Br2FN2. The van der Waals surface area contributed by atoms with E-state index in [0.717, 1.165) is 27.9 Å². The number of aromatic nitrogens is 2. The smallest absolute Gasteiger partial charge is 0.141 e. The Balaban J connectivity index is 2.42. The summed E-state index contributed by atoms with van der Waals surface area (Å²) in [6.45, 7) is 4.27. The highest BCUT2D eigenvalue weighted by Crippen LogP contribution is 2.44. The van der Waals surface area contributed by atoms with Crippen molar-refractivity contribution in [2.24, 2.45) is 0 Å². The van der Waals surface area contributed by atoms with E-state index in [1.54, 1.807) is 6.20 Å². The average Bonchev–Trinajstić information content (AvgIpc) is 2.83. The number of benzene rings is 1. The molecule has 0 radical (unpaired) electrons. The van der Waals surface area contributed by atoms with Crippen LogP contribution in [0, 0.1) is 5.82 Å². The number of pyridine rings is 1. The van der Waals surface area contributed by atoms with E-state index < -0.39 is 0 Å². The van der Waals surface area contributed by atoms with Gasteiger partial charge in [0.05, 0.1) is 5.69 Å². The van der Waals surface area contributed by atoms with E-state index in [9.17, 15) is 4.39 Å². The quantitative estimate of drug-likeness (QED) is 0.456. The molecule has 0 fully saturated rings. The van der Waals surface area contributed by atoms with Crippen LogP contribution >= 0.6 is 31.9 Å². The Morgan fingerprint density at radius 3 is 2.36 bits per heavy atom. The molecule has 0 atom stereocenters. The second-order valence-corrected chi connectivity index (χ2v) is 8.47. The van der Waals surface area contributed by atoms with Gasteiger partial charge in [-0.3, -0.25) is 0 Å². The number of alkyl halides is 2. The monoisotopic (exact) mass is 424 g/mol. The maximum atomic E-state index is 13.3. The zero-order valence-electron chi connectivity index (χ0n) is 12.2. The third-order valence-electron chi connectivity index (χ3n) is 3.66. The molecule has 0 unspecified atom stereocenters. The normalized spacial score (nSPS) is 11.8. The van der Waals surface area contributed by atoms with Crippen LogP contribution in [0.25, 0.3) is 22.2 Å². The molecule has 0 bridgehead atoms. The molecule has 22 heavy (non-hydrogen) atoms. The molecule has 2 nitrogen and oxygen atoms in total. The maximum absolute atomic E-state index is 13.3. The van der Waals surface area contributed by atoms with Crippen molar-refractivity contribution in [2.75, 3.05) is 0 Å². The lowest BCUT2D eigenvalue weighted by molar-refractivity contribution is 0.602. The van der Waals surface area contributed by atoms with Crippen molar-refractivity contribution >= 4 is 42.9 Å². The predicted octanol–water partition coefficient (Wildman–Crippen LogP) is 6.21. The van der Waals surface area contributed by atoms with Gasteiger partial charge in [0.2, 0.25) is 0 Å². The van der Waals surface area contributed by atoms with Crippen LogP contribution in [-0.2, 0) is 0 Å². The lowest BCUT2D eigenvalue weighted by Gasteiger charge is -2.16. The minimum atomic E-state index is -0.231. The summed E-state index contributed by atoms with van der Waals surface area (Å²) >= 11 is 7.27. The van der Waals surface area contributed by atoms with Crippen LogP contribution in [-0.4, -0.2) is 9.55 Å². The van der Waals surface area contributed by atoms with Crippen molar-refractivity contribution in [1.82, 2.24) is 9.55 Å². The van der Waals surface area contributed by atoms with Gasteiger partial charge >= 0.3 is 0 Å². The van der Waals surface area contributed by atoms with E-state index in [4.69, 9.17) is 0 Å². The molecule has 0 aliphatic heterocycles. The molecule has 0 aliphatic carbocycles. The minimum absolute atomic E-state index is 0.0170. The molecular weight excluding hydrogens is 411 g/mol. The van der Waals surface area contributed by atoms with Crippen LogP contribution in [0.1, 0.15) is 29.3 Å². The minimum Gasteiger partial charge on any atom is -0.324 e. The standard InChI is InChI=1S/C17H15Br2FN2/c1-10(2)22-15(16(18)19)14(11-5-7-12(20)8-6-11)13-4-3-9-21-17(13)22/h3-10,16H,1-2H3. The van der Waals surface area contributed by atoms with Crippen molar-refractivity contribution in [3.05, 3.63) is 54.1 Å². The van der Waals surface area contributed by atoms with Crippen molar-refractivity contribution in [3.8, 4) is 11.1 Å². The Morgan fingerprint density at radius 1 is 1.09 bits per heavy atom. The summed E-state index contributed by atoms with van der Waals surface area (Å²) in [5, 5.41) is 1.07. The Kier molecular flexibility index (Phi) is 4.37. The van der Waals surface area contributed by atoms with Crippen LogP contribution < -0.4 is 0 Å². The zero-order valence-corrected chi connectivity index (χ0v) is 15.4. The summed E-state index contributed by atoms with van der Waals surface area (Å²) in [5.74, 6) is -0.231. The molecule has 1 aromatic carbocycles. The van der Waals surface area contributed by atoms with Crippen molar-refractivity contribution < 1.29 is 4.39 Å². The van der Waals surface area contributed by atoms with Gasteiger partial charge in [0.15, 0.2) is 0 Å². The van der Waals surface area contributed by atoms with Crippen LogP contribution in [0.5, 0.6) is 0 Å². The van der Waals surface area contributed by atoms with E-state index in [1.165, 1.54) is 12.1 Å². The zero-order chi connectivity index (χ0) is 15.9. The Labute approximate surface area is 145 Å². The molecule has 3 aromatic rings. The first-order valence-electron chi connectivity index (χ1n) is 7.03. The number of nitrogens with zero attached hydrogens (tertiary/aromatic N) is 2. The molecule has 0 spiro atoms. The van der Waals surface area contributed by atoms with Gasteiger partial charge in [-0.1, -0.05) is 44.0 Å². The first kappa shape index (κ1) is 15.7. The second kappa shape index (κ2) is 6.13. The van der Waals surface area contributed by atoms with E-state index >= 15 is 0 Å². The highest BCUT2D eigenvalue weighted by Gasteiger charge is 2.24. The fraction of sp³-hybridized carbons (Fsp3) is 0.235. The summed E-state index contributed by atoms with van der Waals surface area (Å²) < 4.78 is 15.5. The van der Waals surface area contributed by atoms with Gasteiger partial charge in [0.1, 0.15) is 15.2 Å². The van der Waals surface area contributed by atoms with Crippen LogP contribution in [0.3, 0.4) is 0 Å². The topological polar surface area (TPSA) is 17.8 Å². The van der Waals surface area contributed by atoms with E-state index in [1.807, 2.05) is 18.2 Å². The van der Waals surface area contributed by atoms with E-state index in [0.29, 0.717) is 0 Å². The third-order valence-corrected chi connectivity index (χ3v) is 4.52. The highest BCUT2D eigenvalue weighted by molar-refractivity contribution is 9.24. The predicted molar refractivity (Wildman–Crippen MR) is 96.1 cm³/mol. The van der Waals surface area contributed by atoms with Gasteiger partial charge in [-0.2, -0.15) is 0 Å². The first-order chi connectivity index (χ1) is 10.5. The molecule has 0 saturated carbocycles. The van der Waals surface area contributed by atoms with Crippen LogP contribution in [0.15, 0.2) is 42.6 Å².